The second-order valence-corrected chi connectivity index (χ2v) is 8.63. The van der Waals surface area contributed by atoms with Gasteiger partial charge < -0.3 is 9.88 Å². The molecule has 1 aliphatic carbocycles. The zero-order chi connectivity index (χ0) is 23.2. The fourth-order valence-corrected chi connectivity index (χ4v) is 4.50. The van der Waals surface area contributed by atoms with Gasteiger partial charge in [0.1, 0.15) is 11.6 Å². The standard InChI is InChI=1S/C23H26F3N5O/c1-12(2)31-19-8-6-5-7-18(19)30-21(31)13(3)27-22(32)15-9-10-17-16(11-15)20(23(24,25)26)29-14(4)28-17/h5-8,12-13,15H,9-11H2,1-4H3,(H,27,32)/t13-,15+/m0/s1. The molecule has 1 amide bonds. The summed E-state index contributed by atoms with van der Waals surface area (Å²) < 4.78 is 42.7. The highest BCUT2D eigenvalue weighted by Gasteiger charge is 2.40. The van der Waals surface area contributed by atoms with Gasteiger partial charge in [-0.2, -0.15) is 13.2 Å². The van der Waals surface area contributed by atoms with Gasteiger partial charge in [0.25, 0.3) is 0 Å². The molecule has 3 aromatic rings. The van der Waals surface area contributed by atoms with Gasteiger partial charge in [-0.1, -0.05) is 12.1 Å². The minimum Gasteiger partial charge on any atom is -0.346 e. The van der Waals surface area contributed by atoms with E-state index in [2.05, 4.69) is 19.9 Å². The van der Waals surface area contributed by atoms with E-state index >= 15 is 0 Å². The second kappa shape index (κ2) is 8.18. The minimum atomic E-state index is -4.58. The van der Waals surface area contributed by atoms with Crippen LogP contribution in [0, 0.1) is 12.8 Å². The summed E-state index contributed by atoms with van der Waals surface area (Å²) in [5.41, 5.74) is 1.33. The van der Waals surface area contributed by atoms with Crippen molar-refractivity contribution in [1.82, 2.24) is 24.8 Å². The van der Waals surface area contributed by atoms with Crippen molar-refractivity contribution in [3.8, 4) is 0 Å². The van der Waals surface area contributed by atoms with Gasteiger partial charge in [0.05, 0.1) is 17.1 Å². The average Bonchev–Trinajstić information content (AvgIpc) is 3.12. The molecular weight excluding hydrogens is 419 g/mol. The number of alkyl halides is 3. The number of aromatic nitrogens is 4. The predicted molar refractivity (Wildman–Crippen MR) is 114 cm³/mol. The molecule has 0 radical (unpaired) electrons. The highest BCUT2D eigenvalue weighted by molar-refractivity contribution is 5.80. The van der Waals surface area contributed by atoms with E-state index in [1.165, 1.54) is 6.92 Å². The lowest BCUT2D eigenvalue weighted by atomic mass is 9.84. The number of hydrogen-bond donors (Lipinski definition) is 1. The molecular formula is C23H26F3N5O. The van der Waals surface area contributed by atoms with Crippen LogP contribution in [0.25, 0.3) is 11.0 Å². The minimum absolute atomic E-state index is 0.0242. The zero-order valence-electron chi connectivity index (χ0n) is 18.5. The van der Waals surface area contributed by atoms with E-state index in [9.17, 15) is 18.0 Å². The molecule has 6 nitrogen and oxygen atoms in total. The number of halogens is 3. The number of rotatable bonds is 4. The molecule has 0 fully saturated rings. The van der Waals surface area contributed by atoms with Crippen LogP contribution < -0.4 is 5.32 Å². The highest BCUT2D eigenvalue weighted by Crippen LogP contribution is 2.36. The summed E-state index contributed by atoms with van der Waals surface area (Å²) in [6, 6.07) is 7.50. The van der Waals surface area contributed by atoms with Crippen molar-refractivity contribution < 1.29 is 18.0 Å². The van der Waals surface area contributed by atoms with Crippen LogP contribution in [-0.4, -0.2) is 25.4 Å². The predicted octanol–water partition coefficient (Wildman–Crippen LogP) is 4.72. The number of imidazole rings is 1. The first-order chi connectivity index (χ1) is 15.1. The van der Waals surface area contributed by atoms with Crippen molar-refractivity contribution in [2.24, 2.45) is 5.92 Å². The number of nitrogens with one attached hydrogen (secondary N) is 1. The van der Waals surface area contributed by atoms with Crippen LogP contribution in [0.4, 0.5) is 13.2 Å². The Labute approximate surface area is 184 Å². The monoisotopic (exact) mass is 445 g/mol. The van der Waals surface area contributed by atoms with E-state index in [0.29, 0.717) is 18.5 Å². The third kappa shape index (κ3) is 4.08. The first-order valence-electron chi connectivity index (χ1n) is 10.8. The summed E-state index contributed by atoms with van der Waals surface area (Å²) in [7, 11) is 0. The van der Waals surface area contributed by atoms with E-state index < -0.39 is 23.8 Å². The molecule has 0 bridgehead atoms. The smallest absolute Gasteiger partial charge is 0.346 e. The summed E-state index contributed by atoms with van der Waals surface area (Å²) in [5.74, 6) is -0.0330. The Bertz CT molecular complexity index is 1170. The second-order valence-electron chi connectivity index (χ2n) is 8.63. The Balaban J connectivity index is 1.58. The maximum Gasteiger partial charge on any atom is 0.433 e. The molecule has 0 aliphatic heterocycles. The Kier molecular flexibility index (Phi) is 5.68. The van der Waals surface area contributed by atoms with Gasteiger partial charge in [-0.3, -0.25) is 4.79 Å². The number of aryl methyl sites for hydroxylation is 2. The molecule has 2 aromatic heterocycles. The van der Waals surface area contributed by atoms with Gasteiger partial charge in [0.2, 0.25) is 5.91 Å². The lowest BCUT2D eigenvalue weighted by Gasteiger charge is -2.27. The number of carbonyl (C=O) groups is 1. The normalized spacial score (nSPS) is 17.4. The van der Waals surface area contributed by atoms with Crippen LogP contribution in [0.3, 0.4) is 0 Å². The lowest BCUT2D eigenvalue weighted by Crippen LogP contribution is -2.37. The molecule has 1 aliphatic rings. The van der Waals surface area contributed by atoms with E-state index in [0.717, 1.165) is 16.9 Å². The maximum absolute atomic E-state index is 13.5. The first kappa shape index (κ1) is 22.2. The zero-order valence-corrected chi connectivity index (χ0v) is 18.5. The maximum atomic E-state index is 13.5. The molecule has 9 heteroatoms. The molecule has 1 aromatic carbocycles. The fourth-order valence-electron chi connectivity index (χ4n) is 4.50. The van der Waals surface area contributed by atoms with Gasteiger partial charge in [-0.15, -0.1) is 0 Å². The van der Waals surface area contributed by atoms with Crippen molar-refractivity contribution in [1.29, 1.82) is 0 Å². The molecule has 32 heavy (non-hydrogen) atoms. The van der Waals surface area contributed by atoms with Gasteiger partial charge in [0, 0.05) is 23.2 Å². The van der Waals surface area contributed by atoms with Crippen LogP contribution in [0.2, 0.25) is 0 Å². The SMILES string of the molecule is Cc1nc2c(c(C(F)(F)F)n1)C[C@H](C(=O)N[C@@H](C)c1nc3ccccc3n1C(C)C)CC2. The van der Waals surface area contributed by atoms with Crippen molar-refractivity contribution in [3.63, 3.8) is 0 Å². The molecule has 0 unspecified atom stereocenters. The van der Waals surface area contributed by atoms with E-state index in [4.69, 9.17) is 4.98 Å². The van der Waals surface area contributed by atoms with Crippen LogP contribution >= 0.6 is 0 Å². The molecule has 2 heterocycles. The number of para-hydroxylation sites is 2. The van der Waals surface area contributed by atoms with E-state index in [-0.39, 0.29) is 29.8 Å². The van der Waals surface area contributed by atoms with Gasteiger partial charge in [-0.05, 0) is 59.1 Å². The largest absolute Gasteiger partial charge is 0.433 e. The Hall–Kier alpha value is -2.97. The Morgan fingerprint density at radius 2 is 1.88 bits per heavy atom. The van der Waals surface area contributed by atoms with Gasteiger partial charge in [0.15, 0.2) is 5.69 Å². The number of nitrogens with zero attached hydrogens (tertiary/aromatic N) is 4. The number of hydrogen-bond acceptors (Lipinski definition) is 4. The summed E-state index contributed by atoms with van der Waals surface area (Å²) in [6.07, 6.45) is -3.84. The molecule has 0 saturated heterocycles. The summed E-state index contributed by atoms with van der Waals surface area (Å²) in [5, 5.41) is 2.98. The number of amides is 1. The summed E-state index contributed by atoms with van der Waals surface area (Å²) >= 11 is 0. The fraction of sp³-hybridized carbons (Fsp3) is 0.478. The highest BCUT2D eigenvalue weighted by atomic mass is 19.4. The lowest BCUT2D eigenvalue weighted by molar-refractivity contribution is -0.142. The van der Waals surface area contributed by atoms with Crippen LogP contribution in [0.15, 0.2) is 24.3 Å². The number of benzene rings is 1. The van der Waals surface area contributed by atoms with Crippen molar-refractivity contribution >= 4 is 16.9 Å². The number of carbonyl (C=O) groups excluding carboxylic acids is 1. The molecule has 4 rings (SSSR count). The molecule has 1 N–H and O–H groups in total. The number of fused-ring (bicyclic) bond motifs is 2. The summed E-state index contributed by atoms with van der Waals surface area (Å²) in [6.45, 7) is 7.40. The van der Waals surface area contributed by atoms with Crippen LogP contribution in [-0.2, 0) is 23.8 Å². The average molecular weight is 445 g/mol. The van der Waals surface area contributed by atoms with E-state index in [1.807, 2.05) is 45.0 Å². The molecule has 0 saturated carbocycles. The van der Waals surface area contributed by atoms with Crippen molar-refractivity contribution in [3.05, 3.63) is 52.9 Å². The van der Waals surface area contributed by atoms with Gasteiger partial charge in [-0.25, -0.2) is 15.0 Å². The first-order valence-corrected chi connectivity index (χ1v) is 10.8. The molecule has 2 atom stereocenters. The Morgan fingerprint density at radius 1 is 1.16 bits per heavy atom. The van der Waals surface area contributed by atoms with Crippen LogP contribution in [0.1, 0.15) is 67.9 Å². The quantitative estimate of drug-likeness (QED) is 0.631. The molecule has 0 spiro atoms. The Morgan fingerprint density at radius 3 is 2.56 bits per heavy atom. The van der Waals surface area contributed by atoms with E-state index in [1.54, 1.807) is 0 Å². The molecule has 170 valence electrons. The summed E-state index contributed by atoms with van der Waals surface area (Å²) in [4.78, 5) is 25.6. The topological polar surface area (TPSA) is 72.7 Å². The van der Waals surface area contributed by atoms with Gasteiger partial charge >= 0.3 is 6.18 Å². The van der Waals surface area contributed by atoms with Crippen LogP contribution in [0.5, 0.6) is 0 Å². The third-order valence-electron chi connectivity index (χ3n) is 5.91. The third-order valence-corrected chi connectivity index (χ3v) is 5.91. The van der Waals surface area contributed by atoms with Crippen molar-refractivity contribution in [2.45, 2.75) is 65.2 Å². The van der Waals surface area contributed by atoms with Crippen molar-refractivity contribution in [2.75, 3.05) is 0 Å².